The van der Waals surface area contributed by atoms with Gasteiger partial charge in [-0.1, -0.05) is 18.2 Å². The Bertz CT molecular complexity index is 718. The Hall–Kier alpha value is -2.53. The molecule has 0 atom stereocenters. The van der Waals surface area contributed by atoms with Crippen LogP contribution in [0.15, 0.2) is 48.7 Å². The Labute approximate surface area is 117 Å². The lowest BCUT2D eigenvalue weighted by molar-refractivity contribution is 0.968. The highest BCUT2D eigenvalue weighted by Gasteiger charge is 2.12. The van der Waals surface area contributed by atoms with Crippen molar-refractivity contribution < 1.29 is 0 Å². The van der Waals surface area contributed by atoms with Gasteiger partial charge in [0.1, 0.15) is 5.82 Å². The van der Waals surface area contributed by atoms with E-state index in [0.29, 0.717) is 6.54 Å². The van der Waals surface area contributed by atoms with Crippen LogP contribution in [-0.2, 0) is 6.54 Å². The van der Waals surface area contributed by atoms with Crippen molar-refractivity contribution in [1.82, 2.24) is 19.7 Å². The molecule has 0 fully saturated rings. The van der Waals surface area contributed by atoms with Crippen molar-refractivity contribution in [2.45, 2.75) is 13.5 Å². The maximum Gasteiger partial charge on any atom is 0.168 e. The molecular formula is C15H15N5. The van der Waals surface area contributed by atoms with Gasteiger partial charge in [0.25, 0.3) is 0 Å². The molecule has 0 amide bonds. The number of hydrogen-bond donors (Lipinski definition) is 1. The zero-order chi connectivity index (χ0) is 13.9. The minimum absolute atomic E-state index is 0.409. The van der Waals surface area contributed by atoms with Gasteiger partial charge in [0, 0.05) is 24.0 Å². The number of rotatable bonds is 3. The number of benzene rings is 1. The second-order valence-electron chi connectivity index (χ2n) is 4.48. The summed E-state index contributed by atoms with van der Waals surface area (Å²) in [6.07, 6.45) is 1.75. The molecule has 5 nitrogen and oxygen atoms in total. The van der Waals surface area contributed by atoms with Gasteiger partial charge >= 0.3 is 0 Å². The first-order valence-corrected chi connectivity index (χ1v) is 6.42. The van der Waals surface area contributed by atoms with Crippen LogP contribution in [0.3, 0.4) is 0 Å². The molecule has 2 aromatic heterocycles. The highest BCUT2D eigenvalue weighted by molar-refractivity contribution is 5.58. The predicted molar refractivity (Wildman–Crippen MR) is 77.2 cm³/mol. The van der Waals surface area contributed by atoms with Crippen molar-refractivity contribution >= 4 is 0 Å². The van der Waals surface area contributed by atoms with Crippen molar-refractivity contribution in [3.63, 3.8) is 0 Å². The first-order valence-electron chi connectivity index (χ1n) is 6.42. The summed E-state index contributed by atoms with van der Waals surface area (Å²) in [5, 5.41) is 8.47. The van der Waals surface area contributed by atoms with Gasteiger partial charge in [-0.05, 0) is 31.2 Å². The molecule has 0 spiro atoms. The van der Waals surface area contributed by atoms with Crippen LogP contribution < -0.4 is 5.73 Å². The smallest absolute Gasteiger partial charge is 0.168 e. The second-order valence-corrected chi connectivity index (χ2v) is 4.48. The van der Waals surface area contributed by atoms with Gasteiger partial charge in [0.2, 0.25) is 0 Å². The molecule has 100 valence electrons. The molecule has 0 radical (unpaired) electrons. The minimum Gasteiger partial charge on any atom is -0.325 e. The first-order chi connectivity index (χ1) is 9.79. The molecule has 5 heteroatoms. The molecule has 20 heavy (non-hydrogen) atoms. The van der Waals surface area contributed by atoms with E-state index in [1.54, 1.807) is 6.20 Å². The summed E-state index contributed by atoms with van der Waals surface area (Å²) in [6, 6.07) is 13.9. The number of aryl methyl sites for hydroxylation is 1. The highest BCUT2D eigenvalue weighted by atomic mass is 15.3. The van der Waals surface area contributed by atoms with Gasteiger partial charge in [-0.15, -0.1) is 10.2 Å². The lowest BCUT2D eigenvalue weighted by Crippen LogP contribution is -2.02. The second kappa shape index (κ2) is 5.22. The largest absolute Gasteiger partial charge is 0.325 e. The van der Waals surface area contributed by atoms with Crippen molar-refractivity contribution in [3.8, 4) is 17.1 Å². The highest BCUT2D eigenvalue weighted by Crippen LogP contribution is 2.22. The summed E-state index contributed by atoms with van der Waals surface area (Å²) >= 11 is 0. The Morgan fingerprint density at radius 3 is 2.65 bits per heavy atom. The van der Waals surface area contributed by atoms with E-state index in [2.05, 4.69) is 15.2 Å². The van der Waals surface area contributed by atoms with Crippen LogP contribution in [0.5, 0.6) is 0 Å². The number of aromatic nitrogens is 4. The monoisotopic (exact) mass is 265 g/mol. The predicted octanol–water partition coefficient (Wildman–Crippen LogP) is 2.10. The summed E-state index contributed by atoms with van der Waals surface area (Å²) < 4.78 is 2.02. The zero-order valence-corrected chi connectivity index (χ0v) is 11.2. The van der Waals surface area contributed by atoms with Crippen LogP contribution >= 0.6 is 0 Å². The summed E-state index contributed by atoms with van der Waals surface area (Å²) in [6.45, 7) is 2.35. The summed E-state index contributed by atoms with van der Waals surface area (Å²) in [5.74, 6) is 1.64. The third kappa shape index (κ3) is 2.19. The van der Waals surface area contributed by atoms with Crippen molar-refractivity contribution in [1.29, 1.82) is 0 Å². The van der Waals surface area contributed by atoms with E-state index in [-0.39, 0.29) is 0 Å². The molecule has 0 saturated carbocycles. The fraction of sp³-hybridized carbons (Fsp3) is 0.133. The van der Waals surface area contributed by atoms with Crippen LogP contribution in [-0.4, -0.2) is 19.7 Å². The topological polar surface area (TPSA) is 69.6 Å². The van der Waals surface area contributed by atoms with E-state index >= 15 is 0 Å². The molecule has 0 aliphatic heterocycles. The molecule has 0 saturated heterocycles. The van der Waals surface area contributed by atoms with Crippen LogP contribution in [0.1, 0.15) is 11.5 Å². The van der Waals surface area contributed by atoms with Crippen LogP contribution in [0.2, 0.25) is 0 Å². The molecule has 1 aromatic carbocycles. The van der Waals surface area contributed by atoms with Gasteiger partial charge in [-0.25, -0.2) is 0 Å². The lowest BCUT2D eigenvalue weighted by Gasteiger charge is -2.09. The van der Waals surface area contributed by atoms with Crippen molar-refractivity contribution in [2.75, 3.05) is 0 Å². The molecule has 0 unspecified atom stereocenters. The minimum atomic E-state index is 0.409. The lowest BCUT2D eigenvalue weighted by atomic mass is 10.2. The molecule has 3 rings (SSSR count). The van der Waals surface area contributed by atoms with Crippen molar-refractivity contribution in [3.05, 3.63) is 60.2 Å². The molecule has 0 aliphatic carbocycles. The SMILES string of the molecule is Cc1nnc(-c2ccnc(CN)c2)n1-c1ccccc1. The molecule has 0 aliphatic rings. The molecule has 0 bridgehead atoms. The standard InChI is InChI=1S/C15H15N5/c1-11-18-19-15(12-7-8-17-13(9-12)10-16)20(11)14-5-3-2-4-6-14/h2-9H,10,16H2,1H3. The van der Waals surface area contributed by atoms with Gasteiger partial charge in [0.15, 0.2) is 5.82 Å². The summed E-state index contributed by atoms with van der Waals surface area (Å²) in [4.78, 5) is 4.21. The fourth-order valence-electron chi connectivity index (χ4n) is 2.16. The number of nitrogens with two attached hydrogens (primary N) is 1. The summed E-state index contributed by atoms with van der Waals surface area (Å²) in [5.41, 5.74) is 8.48. The van der Waals surface area contributed by atoms with Crippen LogP contribution in [0.4, 0.5) is 0 Å². The summed E-state index contributed by atoms with van der Waals surface area (Å²) in [7, 11) is 0. The number of para-hydroxylation sites is 1. The zero-order valence-electron chi connectivity index (χ0n) is 11.2. The van der Waals surface area contributed by atoms with Crippen LogP contribution in [0.25, 0.3) is 17.1 Å². The quantitative estimate of drug-likeness (QED) is 0.787. The van der Waals surface area contributed by atoms with E-state index in [1.165, 1.54) is 0 Å². The maximum absolute atomic E-state index is 5.65. The maximum atomic E-state index is 5.65. The van der Waals surface area contributed by atoms with E-state index in [0.717, 1.165) is 28.6 Å². The van der Waals surface area contributed by atoms with E-state index in [1.807, 2.05) is 54.0 Å². The molecule has 2 heterocycles. The Kier molecular flexibility index (Phi) is 3.26. The van der Waals surface area contributed by atoms with Gasteiger partial charge in [0.05, 0.1) is 5.69 Å². The Balaban J connectivity index is 2.16. The third-order valence-electron chi connectivity index (χ3n) is 3.12. The van der Waals surface area contributed by atoms with Gasteiger partial charge in [-0.2, -0.15) is 0 Å². The van der Waals surface area contributed by atoms with Crippen LogP contribution in [0, 0.1) is 6.92 Å². The molecule has 2 N–H and O–H groups in total. The average Bonchev–Trinajstić information content (AvgIpc) is 2.90. The Morgan fingerprint density at radius 1 is 1.10 bits per heavy atom. The fourth-order valence-corrected chi connectivity index (χ4v) is 2.16. The first kappa shape index (κ1) is 12.5. The normalized spacial score (nSPS) is 10.7. The number of hydrogen-bond acceptors (Lipinski definition) is 4. The van der Waals surface area contributed by atoms with E-state index < -0.39 is 0 Å². The molecule has 3 aromatic rings. The molecular weight excluding hydrogens is 250 g/mol. The van der Waals surface area contributed by atoms with E-state index in [9.17, 15) is 0 Å². The van der Waals surface area contributed by atoms with Gasteiger partial charge < -0.3 is 5.73 Å². The van der Waals surface area contributed by atoms with E-state index in [4.69, 9.17) is 5.73 Å². The third-order valence-corrected chi connectivity index (χ3v) is 3.12. The number of pyridine rings is 1. The number of nitrogens with zero attached hydrogens (tertiary/aromatic N) is 4. The van der Waals surface area contributed by atoms with Gasteiger partial charge in [-0.3, -0.25) is 9.55 Å². The average molecular weight is 265 g/mol. The Morgan fingerprint density at radius 2 is 1.90 bits per heavy atom. The van der Waals surface area contributed by atoms with Crippen molar-refractivity contribution in [2.24, 2.45) is 5.73 Å².